The van der Waals surface area contributed by atoms with Gasteiger partial charge in [-0.1, -0.05) is 6.07 Å². The van der Waals surface area contributed by atoms with E-state index >= 15 is 0 Å². The van der Waals surface area contributed by atoms with Crippen molar-refractivity contribution in [3.63, 3.8) is 0 Å². The highest BCUT2D eigenvalue weighted by Gasteiger charge is 2.20. The summed E-state index contributed by atoms with van der Waals surface area (Å²) in [6.45, 7) is 9.42. The average molecular weight is 535 g/mol. The number of nitrogens with zero attached hydrogens (tertiary/aromatic N) is 4. The number of pyridine rings is 4. The number of ether oxygens (including phenoxy) is 1. The normalized spacial score (nSPS) is 11.5. The maximum atomic E-state index is 13.4. The number of hydrogen-bond acceptors (Lipinski definition) is 6. The van der Waals surface area contributed by atoms with Crippen molar-refractivity contribution in [1.82, 2.24) is 19.5 Å². The van der Waals surface area contributed by atoms with Gasteiger partial charge < -0.3 is 9.84 Å². The van der Waals surface area contributed by atoms with Crippen molar-refractivity contribution in [1.29, 1.82) is 0 Å². The highest BCUT2D eigenvalue weighted by Crippen LogP contribution is 2.28. The van der Waals surface area contributed by atoms with Crippen LogP contribution in [0.15, 0.2) is 64.3 Å². The number of halogens is 1. The molecule has 0 saturated carbocycles. The maximum absolute atomic E-state index is 13.4. The maximum Gasteiger partial charge on any atom is 0.273 e. The van der Waals surface area contributed by atoms with E-state index in [-0.39, 0.29) is 5.56 Å². The lowest BCUT2D eigenvalue weighted by atomic mass is 10.0. The first-order valence-electron chi connectivity index (χ1n) is 11.2. The van der Waals surface area contributed by atoms with E-state index in [9.17, 15) is 9.90 Å². The van der Waals surface area contributed by atoms with Gasteiger partial charge in [0.2, 0.25) is 0 Å². The zero-order chi connectivity index (χ0) is 25.3. The summed E-state index contributed by atoms with van der Waals surface area (Å²) in [7, 11) is 0. The van der Waals surface area contributed by atoms with Gasteiger partial charge in [-0.05, 0) is 85.9 Å². The minimum absolute atomic E-state index is 0.235. The van der Waals surface area contributed by atoms with Crippen molar-refractivity contribution in [3.05, 3.63) is 97.9 Å². The third kappa shape index (κ3) is 5.33. The van der Waals surface area contributed by atoms with E-state index in [4.69, 9.17) is 4.74 Å². The molecule has 1 N–H and O–H groups in total. The van der Waals surface area contributed by atoms with Crippen molar-refractivity contribution in [2.45, 2.75) is 46.8 Å². The Hall–Kier alpha value is -3.36. The van der Waals surface area contributed by atoms with Crippen molar-refractivity contribution < 1.29 is 9.84 Å². The van der Waals surface area contributed by atoms with Crippen LogP contribution >= 0.6 is 15.9 Å². The molecular formula is C27H27BrN4O3. The molecule has 0 aliphatic carbocycles. The summed E-state index contributed by atoms with van der Waals surface area (Å²) in [5, 5.41) is 10.3. The van der Waals surface area contributed by atoms with Crippen LogP contribution < -0.4 is 10.3 Å². The summed E-state index contributed by atoms with van der Waals surface area (Å²) in [5.41, 5.74) is 4.67. The number of rotatable bonds is 6. The SMILES string of the molecule is Cc1cncc(COc2cc(C)n(-c3cc(-c4cccc(C(C)(C)O)n4)ncc3C)c(=O)c2Br)c1. The Morgan fingerprint density at radius 2 is 1.83 bits per heavy atom. The van der Waals surface area contributed by atoms with Crippen LogP contribution in [-0.4, -0.2) is 24.6 Å². The van der Waals surface area contributed by atoms with Gasteiger partial charge in [-0.25, -0.2) is 4.98 Å². The Balaban J connectivity index is 1.72. The second-order valence-corrected chi connectivity index (χ2v) is 9.88. The van der Waals surface area contributed by atoms with Gasteiger partial charge in [-0.15, -0.1) is 0 Å². The zero-order valence-electron chi connectivity index (χ0n) is 20.3. The molecule has 0 saturated heterocycles. The molecule has 0 amide bonds. The number of hydrogen-bond donors (Lipinski definition) is 1. The van der Waals surface area contributed by atoms with Crippen molar-refractivity contribution in [2.24, 2.45) is 0 Å². The second-order valence-electron chi connectivity index (χ2n) is 9.09. The molecule has 0 bridgehead atoms. The molecule has 4 aromatic rings. The summed E-state index contributed by atoms with van der Waals surface area (Å²) < 4.78 is 7.92. The lowest BCUT2D eigenvalue weighted by molar-refractivity contribution is 0.0740. The van der Waals surface area contributed by atoms with Crippen LogP contribution in [0.1, 0.15) is 41.9 Å². The van der Waals surface area contributed by atoms with Crippen molar-refractivity contribution >= 4 is 15.9 Å². The number of aliphatic hydroxyl groups is 1. The summed E-state index contributed by atoms with van der Waals surface area (Å²) in [4.78, 5) is 26.7. The molecule has 7 nitrogen and oxygen atoms in total. The van der Waals surface area contributed by atoms with Crippen LogP contribution in [0.5, 0.6) is 5.75 Å². The highest BCUT2D eigenvalue weighted by atomic mass is 79.9. The molecule has 35 heavy (non-hydrogen) atoms. The lowest BCUT2D eigenvalue weighted by Gasteiger charge is -2.18. The topological polar surface area (TPSA) is 90.1 Å². The molecule has 180 valence electrons. The van der Waals surface area contributed by atoms with E-state index in [2.05, 4.69) is 30.9 Å². The molecule has 0 aliphatic heterocycles. The molecule has 0 aromatic carbocycles. The lowest BCUT2D eigenvalue weighted by Crippen LogP contribution is -2.23. The zero-order valence-corrected chi connectivity index (χ0v) is 21.9. The smallest absolute Gasteiger partial charge is 0.273 e. The van der Waals surface area contributed by atoms with Crippen LogP contribution in [0.4, 0.5) is 0 Å². The van der Waals surface area contributed by atoms with Crippen LogP contribution in [0, 0.1) is 20.8 Å². The molecule has 0 radical (unpaired) electrons. The predicted molar refractivity (Wildman–Crippen MR) is 139 cm³/mol. The molecule has 4 heterocycles. The summed E-state index contributed by atoms with van der Waals surface area (Å²) >= 11 is 3.44. The fourth-order valence-corrected chi connectivity index (χ4v) is 4.16. The quantitative estimate of drug-likeness (QED) is 0.366. The molecule has 0 atom stereocenters. The first kappa shape index (κ1) is 24.8. The van der Waals surface area contributed by atoms with E-state index in [1.54, 1.807) is 43.1 Å². The van der Waals surface area contributed by atoms with Crippen LogP contribution in [-0.2, 0) is 12.2 Å². The largest absolute Gasteiger partial charge is 0.487 e. The van der Waals surface area contributed by atoms with Gasteiger partial charge in [0.15, 0.2) is 0 Å². The van der Waals surface area contributed by atoms with Gasteiger partial charge in [0.25, 0.3) is 5.56 Å². The van der Waals surface area contributed by atoms with Gasteiger partial charge in [0.05, 0.1) is 22.8 Å². The molecule has 0 spiro atoms. The molecule has 0 fully saturated rings. The van der Waals surface area contributed by atoms with Crippen molar-refractivity contribution in [2.75, 3.05) is 0 Å². The summed E-state index contributed by atoms with van der Waals surface area (Å²) in [5.74, 6) is 0.469. The van der Waals surface area contributed by atoms with Gasteiger partial charge in [0, 0.05) is 35.9 Å². The van der Waals surface area contributed by atoms with E-state index in [1.807, 2.05) is 51.1 Å². The third-order valence-corrected chi connectivity index (χ3v) is 6.31. The third-order valence-electron chi connectivity index (χ3n) is 5.58. The number of aryl methyl sites for hydroxylation is 3. The number of aromatic nitrogens is 4. The van der Waals surface area contributed by atoms with Gasteiger partial charge in [0.1, 0.15) is 22.4 Å². The Kier molecular flexibility index (Phi) is 6.87. The first-order valence-corrected chi connectivity index (χ1v) is 12.0. The highest BCUT2D eigenvalue weighted by molar-refractivity contribution is 9.10. The second kappa shape index (κ2) is 9.71. The Morgan fingerprint density at radius 3 is 2.54 bits per heavy atom. The van der Waals surface area contributed by atoms with Gasteiger partial charge in [-0.3, -0.25) is 19.3 Å². The minimum Gasteiger partial charge on any atom is -0.487 e. The molecule has 0 unspecified atom stereocenters. The van der Waals surface area contributed by atoms with E-state index < -0.39 is 5.60 Å². The van der Waals surface area contributed by atoms with E-state index in [0.29, 0.717) is 45.3 Å². The average Bonchev–Trinajstić information content (AvgIpc) is 2.81. The van der Waals surface area contributed by atoms with E-state index in [1.165, 1.54) is 0 Å². The molecule has 4 aromatic heterocycles. The predicted octanol–water partition coefficient (Wildman–Crippen LogP) is 5.18. The fraction of sp³-hybridized carbons (Fsp3) is 0.259. The Labute approximate surface area is 212 Å². The van der Waals surface area contributed by atoms with Crippen LogP contribution in [0.3, 0.4) is 0 Å². The van der Waals surface area contributed by atoms with Crippen molar-refractivity contribution in [3.8, 4) is 22.8 Å². The first-order chi connectivity index (χ1) is 16.5. The molecular weight excluding hydrogens is 508 g/mol. The minimum atomic E-state index is -1.08. The molecule has 8 heteroatoms. The fourth-order valence-electron chi connectivity index (χ4n) is 3.76. The summed E-state index contributed by atoms with van der Waals surface area (Å²) in [6.07, 6.45) is 5.25. The standard InChI is InChI=1S/C27H27BrN4O3/c1-16-9-19(14-29-12-16)15-35-23-10-18(3)32(26(33)25(23)28)22-11-21(30-13-17(22)2)20-7-6-8-24(31-20)27(4,5)34/h6-14,34H,15H2,1-5H3. The Morgan fingerprint density at radius 1 is 1.06 bits per heavy atom. The molecule has 0 aliphatic rings. The summed E-state index contributed by atoms with van der Waals surface area (Å²) in [6, 6.07) is 11.1. The van der Waals surface area contributed by atoms with Crippen LogP contribution in [0.25, 0.3) is 17.1 Å². The van der Waals surface area contributed by atoms with Gasteiger partial charge in [-0.2, -0.15) is 0 Å². The Bertz CT molecular complexity index is 1460. The van der Waals surface area contributed by atoms with E-state index in [0.717, 1.165) is 16.7 Å². The van der Waals surface area contributed by atoms with Gasteiger partial charge >= 0.3 is 0 Å². The monoisotopic (exact) mass is 534 g/mol. The molecule has 4 rings (SSSR count). The van der Waals surface area contributed by atoms with Crippen LogP contribution in [0.2, 0.25) is 0 Å².